The number of anilines is 1. The number of aromatic nitrogens is 4. The lowest BCUT2D eigenvalue weighted by molar-refractivity contribution is 0.383. The minimum atomic E-state index is -3.53. The number of halogens is 1. The first-order chi connectivity index (χ1) is 13.0. The SMILES string of the molecule is O=S(=O)(c1ccc(Cl)cc1)N1CCN(c2cc(-n3ccnc3)ncn2)CC1. The molecule has 0 aliphatic carbocycles. The fourth-order valence-corrected chi connectivity index (χ4v) is 4.51. The van der Waals surface area contributed by atoms with E-state index in [1.807, 2.05) is 12.3 Å². The molecular weight excluding hydrogens is 388 g/mol. The molecule has 1 aliphatic heterocycles. The Balaban J connectivity index is 1.48. The maximum Gasteiger partial charge on any atom is 0.243 e. The van der Waals surface area contributed by atoms with Crippen LogP contribution in [0.5, 0.6) is 0 Å². The van der Waals surface area contributed by atoms with Crippen molar-refractivity contribution in [2.45, 2.75) is 4.90 Å². The van der Waals surface area contributed by atoms with Crippen LogP contribution < -0.4 is 4.90 Å². The minimum absolute atomic E-state index is 0.254. The van der Waals surface area contributed by atoms with Crippen LogP contribution in [0.2, 0.25) is 5.02 Å². The molecule has 0 radical (unpaired) electrons. The fraction of sp³-hybridized carbons (Fsp3) is 0.235. The third-order valence-corrected chi connectivity index (χ3v) is 6.59. The lowest BCUT2D eigenvalue weighted by Gasteiger charge is -2.34. The molecule has 140 valence electrons. The predicted octanol–water partition coefficient (Wildman–Crippen LogP) is 1.83. The van der Waals surface area contributed by atoms with E-state index in [4.69, 9.17) is 11.6 Å². The molecule has 8 nitrogen and oxygen atoms in total. The highest BCUT2D eigenvalue weighted by Crippen LogP contribution is 2.22. The zero-order chi connectivity index (χ0) is 18.9. The molecule has 0 amide bonds. The normalized spacial score (nSPS) is 15.8. The first kappa shape index (κ1) is 17.9. The maximum absolute atomic E-state index is 12.8. The smallest absolute Gasteiger partial charge is 0.243 e. The summed E-state index contributed by atoms with van der Waals surface area (Å²) < 4.78 is 28.8. The number of rotatable bonds is 4. The standard InChI is InChI=1S/C17H17ClN6O2S/c18-14-1-3-15(4-2-14)27(25,26)24-9-7-22(8-10-24)16-11-17(21-12-20-16)23-6-5-19-13-23/h1-6,11-13H,7-10H2. The van der Waals surface area contributed by atoms with Crippen molar-refractivity contribution in [3.8, 4) is 5.82 Å². The van der Waals surface area contributed by atoms with Crippen molar-refractivity contribution in [2.75, 3.05) is 31.1 Å². The quantitative estimate of drug-likeness (QED) is 0.659. The Morgan fingerprint density at radius 3 is 2.33 bits per heavy atom. The number of nitrogens with zero attached hydrogens (tertiary/aromatic N) is 6. The Kier molecular flexibility index (Phi) is 4.81. The van der Waals surface area contributed by atoms with E-state index in [1.165, 1.54) is 22.8 Å². The highest BCUT2D eigenvalue weighted by molar-refractivity contribution is 7.89. The Morgan fingerprint density at radius 2 is 1.67 bits per heavy atom. The molecule has 27 heavy (non-hydrogen) atoms. The first-order valence-electron chi connectivity index (χ1n) is 8.35. The molecule has 2 aromatic heterocycles. The molecule has 0 spiro atoms. The molecule has 4 rings (SSSR count). The third-order valence-electron chi connectivity index (χ3n) is 4.42. The zero-order valence-corrected chi connectivity index (χ0v) is 15.9. The van der Waals surface area contributed by atoms with Crippen LogP contribution in [-0.4, -0.2) is 58.4 Å². The first-order valence-corrected chi connectivity index (χ1v) is 10.2. The van der Waals surface area contributed by atoms with Crippen molar-refractivity contribution in [3.05, 3.63) is 60.4 Å². The van der Waals surface area contributed by atoms with Gasteiger partial charge in [-0.15, -0.1) is 0 Å². The second-order valence-corrected chi connectivity index (χ2v) is 8.42. The van der Waals surface area contributed by atoms with Gasteiger partial charge in [-0.2, -0.15) is 4.31 Å². The van der Waals surface area contributed by atoms with Crippen molar-refractivity contribution >= 4 is 27.4 Å². The second kappa shape index (κ2) is 7.26. The van der Waals surface area contributed by atoms with Crippen LogP contribution in [0.25, 0.3) is 5.82 Å². The monoisotopic (exact) mass is 404 g/mol. The van der Waals surface area contributed by atoms with Crippen LogP contribution in [0, 0.1) is 0 Å². The molecule has 1 aromatic carbocycles. The van der Waals surface area contributed by atoms with Gasteiger partial charge in [0.1, 0.15) is 24.3 Å². The van der Waals surface area contributed by atoms with Gasteiger partial charge >= 0.3 is 0 Å². The van der Waals surface area contributed by atoms with Gasteiger partial charge in [0.2, 0.25) is 10.0 Å². The van der Waals surface area contributed by atoms with Gasteiger partial charge in [-0.25, -0.2) is 23.4 Å². The number of imidazole rings is 1. The van der Waals surface area contributed by atoms with Gasteiger partial charge in [0.25, 0.3) is 0 Å². The zero-order valence-electron chi connectivity index (χ0n) is 14.3. The summed E-state index contributed by atoms with van der Waals surface area (Å²) in [4.78, 5) is 14.9. The summed E-state index contributed by atoms with van der Waals surface area (Å²) in [6.07, 6.45) is 6.66. The minimum Gasteiger partial charge on any atom is -0.354 e. The van der Waals surface area contributed by atoms with E-state index in [2.05, 4.69) is 19.9 Å². The Bertz CT molecular complexity index is 1020. The average molecular weight is 405 g/mol. The summed E-state index contributed by atoms with van der Waals surface area (Å²) in [7, 11) is -3.53. The molecule has 1 aliphatic rings. The van der Waals surface area contributed by atoms with Gasteiger partial charge in [0.05, 0.1) is 4.90 Å². The van der Waals surface area contributed by atoms with E-state index in [1.54, 1.807) is 29.2 Å². The van der Waals surface area contributed by atoms with Crippen LogP contribution >= 0.6 is 11.6 Å². The molecule has 1 fully saturated rings. The van der Waals surface area contributed by atoms with E-state index in [-0.39, 0.29) is 4.90 Å². The van der Waals surface area contributed by atoms with Crippen molar-refractivity contribution in [1.29, 1.82) is 0 Å². The summed E-state index contributed by atoms with van der Waals surface area (Å²) in [6.45, 7) is 1.87. The average Bonchev–Trinajstić information content (AvgIpc) is 3.23. The summed E-state index contributed by atoms with van der Waals surface area (Å²) >= 11 is 5.85. The number of benzene rings is 1. The number of piperazine rings is 1. The summed E-state index contributed by atoms with van der Waals surface area (Å²) in [5.41, 5.74) is 0. The van der Waals surface area contributed by atoms with Crippen LogP contribution in [0.15, 0.2) is 60.3 Å². The molecule has 1 saturated heterocycles. The Morgan fingerprint density at radius 1 is 0.963 bits per heavy atom. The number of sulfonamides is 1. The van der Waals surface area contributed by atoms with Gasteiger partial charge in [-0.3, -0.25) is 4.57 Å². The molecule has 10 heteroatoms. The van der Waals surface area contributed by atoms with Gasteiger partial charge in [0, 0.05) is 49.7 Å². The van der Waals surface area contributed by atoms with Crippen LogP contribution in [-0.2, 0) is 10.0 Å². The van der Waals surface area contributed by atoms with Crippen molar-refractivity contribution in [3.63, 3.8) is 0 Å². The molecule has 0 unspecified atom stereocenters. The van der Waals surface area contributed by atoms with Gasteiger partial charge in [-0.05, 0) is 24.3 Å². The molecular formula is C17H17ClN6O2S. The van der Waals surface area contributed by atoms with E-state index in [9.17, 15) is 8.42 Å². The van der Waals surface area contributed by atoms with E-state index >= 15 is 0 Å². The third kappa shape index (κ3) is 3.66. The molecule has 0 bridgehead atoms. The van der Waals surface area contributed by atoms with E-state index < -0.39 is 10.0 Å². The lowest BCUT2D eigenvalue weighted by Crippen LogP contribution is -2.48. The molecule has 3 heterocycles. The molecule has 3 aromatic rings. The van der Waals surface area contributed by atoms with Gasteiger partial charge in [0.15, 0.2) is 0 Å². The van der Waals surface area contributed by atoms with E-state index in [0.29, 0.717) is 37.0 Å². The van der Waals surface area contributed by atoms with Gasteiger partial charge in [-0.1, -0.05) is 11.6 Å². The van der Waals surface area contributed by atoms with Crippen molar-refractivity contribution in [1.82, 2.24) is 23.8 Å². The van der Waals surface area contributed by atoms with E-state index in [0.717, 1.165) is 5.82 Å². The van der Waals surface area contributed by atoms with Crippen molar-refractivity contribution < 1.29 is 8.42 Å². The maximum atomic E-state index is 12.8. The summed E-state index contributed by atoms with van der Waals surface area (Å²) in [5, 5.41) is 0.510. The van der Waals surface area contributed by atoms with Crippen LogP contribution in [0.1, 0.15) is 0 Å². The highest BCUT2D eigenvalue weighted by Gasteiger charge is 2.29. The molecule has 0 atom stereocenters. The van der Waals surface area contributed by atoms with Gasteiger partial charge < -0.3 is 4.90 Å². The molecule has 0 N–H and O–H groups in total. The Labute approximate surface area is 162 Å². The lowest BCUT2D eigenvalue weighted by atomic mass is 10.3. The summed E-state index contributed by atoms with van der Waals surface area (Å²) in [5.74, 6) is 1.48. The second-order valence-electron chi connectivity index (χ2n) is 6.05. The summed E-state index contributed by atoms with van der Waals surface area (Å²) in [6, 6.07) is 8.11. The van der Waals surface area contributed by atoms with Crippen LogP contribution in [0.3, 0.4) is 0 Å². The number of hydrogen-bond acceptors (Lipinski definition) is 6. The topological polar surface area (TPSA) is 84.2 Å². The predicted molar refractivity (Wildman–Crippen MR) is 102 cm³/mol. The molecule has 0 saturated carbocycles. The fourth-order valence-electron chi connectivity index (χ4n) is 2.96. The number of hydrogen-bond donors (Lipinski definition) is 0. The largest absolute Gasteiger partial charge is 0.354 e. The van der Waals surface area contributed by atoms with Crippen molar-refractivity contribution in [2.24, 2.45) is 0 Å². The highest BCUT2D eigenvalue weighted by atomic mass is 35.5. The Hall–Kier alpha value is -2.49. The van der Waals surface area contributed by atoms with Crippen LogP contribution in [0.4, 0.5) is 5.82 Å².